The Bertz CT molecular complexity index is 1010. The van der Waals surface area contributed by atoms with Gasteiger partial charge in [0.15, 0.2) is 11.5 Å². The molecule has 0 fully saturated rings. The van der Waals surface area contributed by atoms with Crippen molar-refractivity contribution in [3.8, 4) is 17.6 Å². The highest BCUT2D eigenvalue weighted by atomic mass is 35.5. The largest absolute Gasteiger partial charge is 0.486 e. The van der Waals surface area contributed by atoms with Crippen LogP contribution in [0.25, 0.3) is 6.08 Å². The third-order valence-corrected chi connectivity index (χ3v) is 5.83. The summed E-state index contributed by atoms with van der Waals surface area (Å²) < 4.78 is 36.4. The highest BCUT2D eigenvalue weighted by molar-refractivity contribution is 7.95. The molecule has 0 saturated carbocycles. The zero-order valence-electron chi connectivity index (χ0n) is 12.7. The highest BCUT2D eigenvalue weighted by Crippen LogP contribution is 2.33. The first-order valence-corrected chi connectivity index (χ1v) is 9.37. The summed E-state index contributed by atoms with van der Waals surface area (Å²) in [5.74, 6) is 1.07. The Labute approximate surface area is 154 Å². The molecule has 1 heterocycles. The Morgan fingerprint density at radius 1 is 1.08 bits per heavy atom. The van der Waals surface area contributed by atoms with Crippen LogP contribution in [0.5, 0.6) is 11.5 Å². The van der Waals surface area contributed by atoms with Crippen LogP contribution in [0.3, 0.4) is 0 Å². The lowest BCUT2D eigenvalue weighted by Gasteiger charge is -2.18. The predicted molar refractivity (Wildman–Crippen MR) is 94.7 cm³/mol. The van der Waals surface area contributed by atoms with Gasteiger partial charge in [-0.25, -0.2) is 8.42 Å². The molecule has 0 amide bonds. The van der Waals surface area contributed by atoms with E-state index in [-0.39, 0.29) is 14.9 Å². The van der Waals surface area contributed by atoms with Crippen molar-refractivity contribution in [1.82, 2.24) is 0 Å². The molecule has 0 spiro atoms. The molecule has 3 rings (SSSR count). The average molecular weight is 396 g/mol. The van der Waals surface area contributed by atoms with Crippen molar-refractivity contribution in [3.63, 3.8) is 0 Å². The number of nitrogens with zero attached hydrogens (tertiary/aromatic N) is 1. The van der Waals surface area contributed by atoms with Gasteiger partial charge in [0.1, 0.15) is 24.2 Å². The number of rotatable bonds is 3. The maximum Gasteiger partial charge on any atom is 0.218 e. The number of sulfone groups is 1. The standard InChI is InChI=1S/C17H11Cl2NO4S/c18-12-2-3-14(19)17(9-12)25(21,22)13(10-20)7-11-1-4-15-16(8-11)24-6-5-23-15/h1-4,7-9H,5-6H2. The lowest BCUT2D eigenvalue weighted by Crippen LogP contribution is -2.15. The summed E-state index contributed by atoms with van der Waals surface area (Å²) in [4.78, 5) is -0.666. The van der Waals surface area contributed by atoms with Crippen LogP contribution >= 0.6 is 23.2 Å². The van der Waals surface area contributed by atoms with Gasteiger partial charge >= 0.3 is 0 Å². The summed E-state index contributed by atoms with van der Waals surface area (Å²) in [6, 6.07) is 10.7. The van der Waals surface area contributed by atoms with Crippen LogP contribution < -0.4 is 9.47 Å². The number of fused-ring (bicyclic) bond motifs is 1. The van der Waals surface area contributed by atoms with Gasteiger partial charge in [-0.1, -0.05) is 29.3 Å². The van der Waals surface area contributed by atoms with Crippen LogP contribution in [-0.4, -0.2) is 21.6 Å². The second-order valence-electron chi connectivity index (χ2n) is 5.10. The molecular weight excluding hydrogens is 385 g/mol. The van der Waals surface area contributed by atoms with Gasteiger partial charge in [0.2, 0.25) is 9.84 Å². The number of allylic oxidation sites excluding steroid dienone is 1. The molecule has 2 aromatic carbocycles. The molecule has 0 atom stereocenters. The molecule has 0 unspecified atom stereocenters. The quantitative estimate of drug-likeness (QED) is 0.730. The minimum absolute atomic E-state index is 0.00674. The number of nitriles is 1. The van der Waals surface area contributed by atoms with Crippen LogP contribution in [0.2, 0.25) is 10.0 Å². The molecule has 128 valence electrons. The van der Waals surface area contributed by atoms with E-state index in [2.05, 4.69) is 0 Å². The van der Waals surface area contributed by atoms with Gasteiger partial charge in [0.25, 0.3) is 0 Å². The maximum absolute atomic E-state index is 12.7. The fourth-order valence-electron chi connectivity index (χ4n) is 2.27. The van der Waals surface area contributed by atoms with E-state index in [4.69, 9.17) is 32.7 Å². The summed E-state index contributed by atoms with van der Waals surface area (Å²) >= 11 is 11.8. The van der Waals surface area contributed by atoms with E-state index in [9.17, 15) is 13.7 Å². The zero-order valence-corrected chi connectivity index (χ0v) is 15.0. The van der Waals surface area contributed by atoms with Crippen LogP contribution in [-0.2, 0) is 9.84 Å². The third kappa shape index (κ3) is 3.59. The number of benzene rings is 2. The van der Waals surface area contributed by atoms with Crippen molar-refractivity contribution in [3.05, 3.63) is 56.9 Å². The minimum atomic E-state index is -4.11. The summed E-state index contributed by atoms with van der Waals surface area (Å²) in [6.45, 7) is 0.856. The monoisotopic (exact) mass is 395 g/mol. The average Bonchev–Trinajstić information content (AvgIpc) is 2.61. The van der Waals surface area contributed by atoms with E-state index in [1.54, 1.807) is 24.3 Å². The van der Waals surface area contributed by atoms with E-state index in [1.807, 2.05) is 0 Å². The van der Waals surface area contributed by atoms with Crippen molar-refractivity contribution >= 4 is 39.1 Å². The molecule has 0 radical (unpaired) electrons. The summed E-state index contributed by atoms with van der Waals surface area (Å²) in [7, 11) is -4.11. The minimum Gasteiger partial charge on any atom is -0.486 e. The molecule has 0 N–H and O–H groups in total. The summed E-state index contributed by atoms with van der Waals surface area (Å²) in [5.41, 5.74) is 0.488. The van der Waals surface area contributed by atoms with E-state index in [0.717, 1.165) is 0 Å². The predicted octanol–water partition coefficient (Wildman–Crippen LogP) is 4.10. The smallest absolute Gasteiger partial charge is 0.218 e. The third-order valence-electron chi connectivity index (χ3n) is 3.45. The molecule has 8 heteroatoms. The number of ether oxygens (including phenoxy) is 2. The zero-order chi connectivity index (χ0) is 18.0. The fraction of sp³-hybridized carbons (Fsp3) is 0.118. The van der Waals surface area contributed by atoms with E-state index < -0.39 is 14.7 Å². The lowest BCUT2D eigenvalue weighted by atomic mass is 10.2. The molecule has 2 aromatic rings. The van der Waals surface area contributed by atoms with Crippen LogP contribution in [0.4, 0.5) is 0 Å². The van der Waals surface area contributed by atoms with Crippen molar-refractivity contribution in [2.45, 2.75) is 4.90 Å². The molecule has 0 bridgehead atoms. The van der Waals surface area contributed by atoms with Gasteiger partial charge < -0.3 is 9.47 Å². The highest BCUT2D eigenvalue weighted by Gasteiger charge is 2.24. The van der Waals surface area contributed by atoms with Gasteiger partial charge in [0, 0.05) is 5.02 Å². The molecule has 0 aromatic heterocycles. The van der Waals surface area contributed by atoms with Crippen LogP contribution in [0.1, 0.15) is 5.56 Å². The maximum atomic E-state index is 12.7. The molecule has 1 aliphatic heterocycles. The SMILES string of the molecule is N#CC(=Cc1ccc2c(c1)OCCO2)S(=O)(=O)c1cc(Cl)ccc1Cl. The van der Waals surface area contributed by atoms with Crippen molar-refractivity contribution in [1.29, 1.82) is 5.26 Å². The molecule has 0 aliphatic carbocycles. The first-order valence-electron chi connectivity index (χ1n) is 7.13. The number of hydrogen-bond acceptors (Lipinski definition) is 5. The fourth-order valence-corrected chi connectivity index (χ4v) is 4.19. The summed E-state index contributed by atoms with van der Waals surface area (Å²) in [6.07, 6.45) is 1.25. The van der Waals surface area contributed by atoms with Crippen LogP contribution in [0, 0.1) is 11.3 Å². The molecule has 5 nitrogen and oxygen atoms in total. The van der Waals surface area contributed by atoms with Gasteiger partial charge in [0.05, 0.1) is 9.92 Å². The molecule has 25 heavy (non-hydrogen) atoms. The van der Waals surface area contributed by atoms with Gasteiger partial charge in [-0.15, -0.1) is 0 Å². The van der Waals surface area contributed by atoms with E-state index in [0.29, 0.717) is 30.3 Å². The first kappa shape index (κ1) is 17.6. The Morgan fingerprint density at radius 2 is 1.80 bits per heavy atom. The Kier molecular flexibility index (Phi) is 4.91. The first-order chi connectivity index (χ1) is 11.9. The van der Waals surface area contributed by atoms with Crippen molar-refractivity contribution in [2.24, 2.45) is 0 Å². The topological polar surface area (TPSA) is 76.4 Å². The second-order valence-corrected chi connectivity index (χ2v) is 7.83. The lowest BCUT2D eigenvalue weighted by molar-refractivity contribution is 0.171. The van der Waals surface area contributed by atoms with Crippen LogP contribution in [0.15, 0.2) is 46.2 Å². The van der Waals surface area contributed by atoms with Gasteiger partial charge in [-0.05, 0) is 42.0 Å². The van der Waals surface area contributed by atoms with Crippen molar-refractivity contribution in [2.75, 3.05) is 13.2 Å². The van der Waals surface area contributed by atoms with Crippen molar-refractivity contribution < 1.29 is 17.9 Å². The normalized spacial score (nSPS) is 14.0. The second kappa shape index (κ2) is 6.96. The Hall–Kier alpha value is -2.20. The Balaban J connectivity index is 2.06. The molecule has 1 aliphatic rings. The Morgan fingerprint density at radius 3 is 2.52 bits per heavy atom. The summed E-state index contributed by atoms with van der Waals surface area (Å²) in [5, 5.41) is 9.55. The number of hydrogen-bond donors (Lipinski definition) is 0. The van der Waals surface area contributed by atoms with E-state index in [1.165, 1.54) is 24.3 Å². The molecular formula is C17H11Cl2NO4S. The number of halogens is 2. The molecule has 0 saturated heterocycles. The van der Waals surface area contributed by atoms with E-state index >= 15 is 0 Å². The van der Waals surface area contributed by atoms with Gasteiger partial charge in [-0.3, -0.25) is 0 Å². The van der Waals surface area contributed by atoms with Gasteiger partial charge in [-0.2, -0.15) is 5.26 Å².